The lowest BCUT2D eigenvalue weighted by molar-refractivity contribution is -0.0175. The van der Waals surface area contributed by atoms with Crippen LogP contribution in [0.15, 0.2) is 24.3 Å². The van der Waals surface area contributed by atoms with Gasteiger partial charge >= 0.3 is 0 Å². The first kappa shape index (κ1) is 15.0. The maximum atomic E-state index is 12.1. The van der Waals surface area contributed by atoms with E-state index < -0.39 is 0 Å². The van der Waals surface area contributed by atoms with Crippen molar-refractivity contribution < 1.29 is 9.53 Å². The van der Waals surface area contributed by atoms with Gasteiger partial charge in [0, 0.05) is 25.2 Å². The Hall–Kier alpha value is -1.39. The summed E-state index contributed by atoms with van der Waals surface area (Å²) in [4.78, 5) is 14.3. The Morgan fingerprint density at radius 2 is 2.15 bits per heavy atom. The Morgan fingerprint density at radius 3 is 2.80 bits per heavy atom. The summed E-state index contributed by atoms with van der Waals surface area (Å²) in [5.74, 6) is -0.0233. The zero-order valence-corrected chi connectivity index (χ0v) is 12.4. The SMILES string of the molecule is CCCc1ccc(C(=O)NCC2CN(C)CCO2)cc1. The number of morpholine rings is 1. The van der Waals surface area contributed by atoms with Crippen molar-refractivity contribution in [2.75, 3.05) is 33.3 Å². The standard InChI is InChI=1S/C16H24N2O2/c1-3-4-13-5-7-14(8-6-13)16(19)17-11-15-12-18(2)9-10-20-15/h5-8,15H,3-4,9-12H2,1-2H3,(H,17,19). The van der Waals surface area contributed by atoms with E-state index in [0.717, 1.165) is 32.5 Å². The van der Waals surface area contributed by atoms with E-state index in [1.807, 2.05) is 24.3 Å². The fraction of sp³-hybridized carbons (Fsp3) is 0.562. The summed E-state index contributed by atoms with van der Waals surface area (Å²) in [7, 11) is 2.07. The van der Waals surface area contributed by atoms with Crippen molar-refractivity contribution in [2.45, 2.75) is 25.9 Å². The minimum absolute atomic E-state index is 0.0233. The van der Waals surface area contributed by atoms with Crippen LogP contribution in [-0.2, 0) is 11.2 Å². The summed E-state index contributed by atoms with van der Waals surface area (Å²) < 4.78 is 5.63. The van der Waals surface area contributed by atoms with E-state index in [0.29, 0.717) is 12.1 Å². The van der Waals surface area contributed by atoms with Gasteiger partial charge in [0.05, 0.1) is 12.7 Å². The first-order valence-corrected chi connectivity index (χ1v) is 7.36. The highest BCUT2D eigenvalue weighted by molar-refractivity contribution is 5.94. The molecular formula is C16H24N2O2. The van der Waals surface area contributed by atoms with Gasteiger partial charge in [-0.1, -0.05) is 25.5 Å². The molecule has 0 aliphatic carbocycles. The second-order valence-corrected chi connectivity index (χ2v) is 5.41. The molecule has 0 radical (unpaired) electrons. The molecule has 110 valence electrons. The van der Waals surface area contributed by atoms with Gasteiger partial charge in [-0.05, 0) is 31.2 Å². The Kier molecular flexibility index (Phi) is 5.56. The predicted octanol–water partition coefficient (Wildman–Crippen LogP) is 1.70. The molecule has 4 heteroatoms. The molecule has 4 nitrogen and oxygen atoms in total. The van der Waals surface area contributed by atoms with Gasteiger partial charge in [0.2, 0.25) is 0 Å². The monoisotopic (exact) mass is 276 g/mol. The number of carbonyl (C=O) groups is 1. The molecule has 1 saturated heterocycles. The summed E-state index contributed by atoms with van der Waals surface area (Å²) in [6, 6.07) is 7.86. The van der Waals surface area contributed by atoms with Gasteiger partial charge in [0.15, 0.2) is 0 Å². The molecule has 1 aliphatic heterocycles. The van der Waals surface area contributed by atoms with Crippen molar-refractivity contribution in [3.05, 3.63) is 35.4 Å². The molecule has 0 bridgehead atoms. The molecule has 0 aromatic heterocycles. The predicted molar refractivity (Wildman–Crippen MR) is 80.0 cm³/mol. The number of likely N-dealkylation sites (N-methyl/N-ethyl adjacent to an activating group) is 1. The van der Waals surface area contributed by atoms with Crippen molar-refractivity contribution in [2.24, 2.45) is 0 Å². The highest BCUT2D eigenvalue weighted by Crippen LogP contribution is 2.07. The number of ether oxygens (including phenoxy) is 1. The van der Waals surface area contributed by atoms with E-state index >= 15 is 0 Å². The molecular weight excluding hydrogens is 252 g/mol. The lowest BCUT2D eigenvalue weighted by atomic mass is 10.1. The largest absolute Gasteiger partial charge is 0.374 e. The molecule has 1 heterocycles. The smallest absolute Gasteiger partial charge is 0.251 e. The van der Waals surface area contributed by atoms with E-state index in [4.69, 9.17) is 4.74 Å². The molecule has 1 unspecified atom stereocenters. The first-order valence-electron chi connectivity index (χ1n) is 7.36. The molecule has 1 atom stereocenters. The van der Waals surface area contributed by atoms with Crippen LogP contribution in [0.5, 0.6) is 0 Å². The van der Waals surface area contributed by atoms with Gasteiger partial charge in [-0.3, -0.25) is 4.79 Å². The topological polar surface area (TPSA) is 41.6 Å². The number of rotatable bonds is 5. The zero-order valence-electron chi connectivity index (χ0n) is 12.4. The average Bonchev–Trinajstić information content (AvgIpc) is 2.46. The van der Waals surface area contributed by atoms with Gasteiger partial charge in [-0.15, -0.1) is 0 Å². The van der Waals surface area contributed by atoms with Crippen molar-refractivity contribution >= 4 is 5.91 Å². The van der Waals surface area contributed by atoms with Crippen molar-refractivity contribution in [1.29, 1.82) is 0 Å². The third-order valence-electron chi connectivity index (χ3n) is 3.59. The first-order chi connectivity index (χ1) is 9.69. The normalized spacial score (nSPS) is 19.8. The Labute approximate surface area is 121 Å². The van der Waals surface area contributed by atoms with Crippen LogP contribution >= 0.6 is 0 Å². The van der Waals surface area contributed by atoms with Crippen LogP contribution in [-0.4, -0.2) is 50.2 Å². The number of hydrogen-bond acceptors (Lipinski definition) is 3. The van der Waals surface area contributed by atoms with Gasteiger partial charge < -0.3 is 15.0 Å². The molecule has 1 fully saturated rings. The summed E-state index contributed by atoms with van der Waals surface area (Å²) >= 11 is 0. The molecule has 1 N–H and O–H groups in total. The molecule has 1 amide bonds. The maximum Gasteiger partial charge on any atom is 0.251 e. The van der Waals surface area contributed by atoms with Crippen LogP contribution < -0.4 is 5.32 Å². The molecule has 1 aromatic rings. The van der Waals surface area contributed by atoms with E-state index in [-0.39, 0.29) is 12.0 Å². The van der Waals surface area contributed by atoms with Crippen LogP contribution in [0.4, 0.5) is 0 Å². The molecule has 1 aliphatic rings. The van der Waals surface area contributed by atoms with Gasteiger partial charge in [0.1, 0.15) is 0 Å². The van der Waals surface area contributed by atoms with Crippen LogP contribution in [0, 0.1) is 0 Å². The Bertz CT molecular complexity index is 431. The minimum Gasteiger partial charge on any atom is -0.374 e. The lowest BCUT2D eigenvalue weighted by Gasteiger charge is -2.30. The van der Waals surface area contributed by atoms with E-state index in [1.54, 1.807) is 0 Å². The molecule has 0 spiro atoms. The Morgan fingerprint density at radius 1 is 1.40 bits per heavy atom. The number of nitrogens with one attached hydrogen (secondary N) is 1. The third-order valence-corrected chi connectivity index (χ3v) is 3.59. The summed E-state index contributed by atoms with van der Waals surface area (Å²) in [6.07, 6.45) is 2.28. The summed E-state index contributed by atoms with van der Waals surface area (Å²) in [6.45, 7) is 5.30. The third kappa shape index (κ3) is 4.32. The summed E-state index contributed by atoms with van der Waals surface area (Å²) in [5.41, 5.74) is 2.00. The average molecular weight is 276 g/mol. The second kappa shape index (κ2) is 7.41. The molecule has 0 saturated carbocycles. The van der Waals surface area contributed by atoms with E-state index in [1.165, 1.54) is 5.56 Å². The number of benzene rings is 1. The highest BCUT2D eigenvalue weighted by atomic mass is 16.5. The fourth-order valence-corrected chi connectivity index (χ4v) is 2.41. The van der Waals surface area contributed by atoms with Gasteiger partial charge in [-0.2, -0.15) is 0 Å². The van der Waals surface area contributed by atoms with Crippen LogP contribution in [0.25, 0.3) is 0 Å². The van der Waals surface area contributed by atoms with Gasteiger partial charge in [-0.25, -0.2) is 0 Å². The highest BCUT2D eigenvalue weighted by Gasteiger charge is 2.18. The number of aryl methyl sites for hydroxylation is 1. The number of carbonyl (C=O) groups excluding carboxylic acids is 1. The van der Waals surface area contributed by atoms with Crippen molar-refractivity contribution in [3.63, 3.8) is 0 Å². The van der Waals surface area contributed by atoms with Crippen molar-refractivity contribution in [1.82, 2.24) is 10.2 Å². The second-order valence-electron chi connectivity index (χ2n) is 5.41. The van der Waals surface area contributed by atoms with Crippen LogP contribution in [0.3, 0.4) is 0 Å². The lowest BCUT2D eigenvalue weighted by Crippen LogP contribution is -2.45. The zero-order chi connectivity index (χ0) is 14.4. The summed E-state index contributed by atoms with van der Waals surface area (Å²) in [5, 5.41) is 2.95. The van der Waals surface area contributed by atoms with E-state index in [2.05, 4.69) is 24.2 Å². The number of hydrogen-bond donors (Lipinski definition) is 1. The van der Waals surface area contributed by atoms with Gasteiger partial charge in [0.25, 0.3) is 5.91 Å². The van der Waals surface area contributed by atoms with E-state index in [9.17, 15) is 4.79 Å². The maximum absolute atomic E-state index is 12.1. The van der Waals surface area contributed by atoms with Crippen molar-refractivity contribution in [3.8, 4) is 0 Å². The number of nitrogens with zero attached hydrogens (tertiary/aromatic N) is 1. The Balaban J connectivity index is 1.82. The molecule has 1 aromatic carbocycles. The minimum atomic E-state index is -0.0233. The number of amides is 1. The van der Waals surface area contributed by atoms with Crippen LogP contribution in [0.2, 0.25) is 0 Å². The molecule has 2 rings (SSSR count). The molecule has 20 heavy (non-hydrogen) atoms. The van der Waals surface area contributed by atoms with Crippen LogP contribution in [0.1, 0.15) is 29.3 Å². The fourth-order valence-electron chi connectivity index (χ4n) is 2.41. The quantitative estimate of drug-likeness (QED) is 0.890.